The lowest BCUT2D eigenvalue weighted by Crippen LogP contribution is -2.33. The third-order valence-corrected chi connectivity index (χ3v) is 5.13. The normalized spacial score (nSPS) is 11.0. The van der Waals surface area contributed by atoms with Crippen LogP contribution >= 0.6 is 11.3 Å². The molecule has 0 N–H and O–H groups in total. The summed E-state index contributed by atoms with van der Waals surface area (Å²) in [6.45, 7) is 2.30. The number of hydrogen-bond acceptors (Lipinski definition) is 5. The number of carbonyl (C=O) groups excluding carboxylic acids is 1. The summed E-state index contributed by atoms with van der Waals surface area (Å²) >= 11 is 1.51. The molecular formula is C20H17N3O2S. The lowest BCUT2D eigenvalue weighted by atomic mass is 10.1. The molecule has 0 radical (unpaired) electrons. The molecule has 4 rings (SSSR count). The number of thiazole rings is 1. The molecule has 0 spiro atoms. The SMILES string of the molecule is Cc1cc(C(=O)N(CCc2ccccc2)c2nc3ccccc3s2)no1. The third-order valence-electron chi connectivity index (χ3n) is 4.07. The maximum absolute atomic E-state index is 13.0. The van der Waals surface area contributed by atoms with Gasteiger partial charge in [-0.25, -0.2) is 4.98 Å². The molecule has 0 unspecified atom stereocenters. The zero-order chi connectivity index (χ0) is 17.9. The summed E-state index contributed by atoms with van der Waals surface area (Å²) in [6, 6.07) is 19.6. The van der Waals surface area contributed by atoms with Crippen molar-refractivity contribution in [2.45, 2.75) is 13.3 Å². The van der Waals surface area contributed by atoms with Gasteiger partial charge in [-0.05, 0) is 31.0 Å². The molecule has 0 fully saturated rings. The second-order valence-corrected chi connectivity index (χ2v) is 6.99. The maximum atomic E-state index is 13.0. The number of rotatable bonds is 5. The number of nitrogens with zero attached hydrogens (tertiary/aromatic N) is 3. The van der Waals surface area contributed by atoms with Gasteiger partial charge in [0.15, 0.2) is 10.8 Å². The molecule has 0 bridgehead atoms. The molecule has 2 aromatic heterocycles. The van der Waals surface area contributed by atoms with Gasteiger partial charge in [0.2, 0.25) is 0 Å². The fraction of sp³-hybridized carbons (Fsp3) is 0.150. The number of amides is 1. The van der Waals surface area contributed by atoms with Crippen LogP contribution in [0.15, 0.2) is 65.2 Å². The van der Waals surface area contributed by atoms with E-state index in [1.165, 1.54) is 16.9 Å². The van der Waals surface area contributed by atoms with Crippen LogP contribution in [0.5, 0.6) is 0 Å². The van der Waals surface area contributed by atoms with E-state index < -0.39 is 0 Å². The second-order valence-electron chi connectivity index (χ2n) is 5.98. The first-order chi connectivity index (χ1) is 12.7. The van der Waals surface area contributed by atoms with E-state index in [4.69, 9.17) is 4.52 Å². The van der Waals surface area contributed by atoms with Crippen molar-refractivity contribution in [1.82, 2.24) is 10.1 Å². The van der Waals surface area contributed by atoms with Crippen molar-refractivity contribution in [3.05, 3.63) is 77.7 Å². The van der Waals surface area contributed by atoms with Crippen LogP contribution in [0.1, 0.15) is 21.8 Å². The predicted molar refractivity (Wildman–Crippen MR) is 103 cm³/mol. The quantitative estimate of drug-likeness (QED) is 0.524. The first-order valence-electron chi connectivity index (χ1n) is 8.35. The van der Waals surface area contributed by atoms with Gasteiger partial charge in [0.25, 0.3) is 5.91 Å². The van der Waals surface area contributed by atoms with Crippen LogP contribution in [-0.4, -0.2) is 22.6 Å². The van der Waals surface area contributed by atoms with Crippen LogP contribution in [0, 0.1) is 6.92 Å². The van der Waals surface area contributed by atoms with Gasteiger partial charge >= 0.3 is 0 Å². The third kappa shape index (κ3) is 3.36. The van der Waals surface area contributed by atoms with Crippen molar-refractivity contribution in [3.8, 4) is 0 Å². The molecule has 0 aliphatic carbocycles. The highest BCUT2D eigenvalue weighted by Gasteiger charge is 2.23. The van der Waals surface area contributed by atoms with Crippen LogP contribution in [0.3, 0.4) is 0 Å². The molecule has 130 valence electrons. The Labute approximate surface area is 154 Å². The molecule has 5 nitrogen and oxygen atoms in total. The van der Waals surface area contributed by atoms with Crippen LogP contribution in [0.4, 0.5) is 5.13 Å². The lowest BCUT2D eigenvalue weighted by molar-refractivity contribution is 0.0978. The molecule has 0 saturated heterocycles. The minimum atomic E-state index is -0.197. The molecule has 1 amide bonds. The van der Waals surface area contributed by atoms with E-state index in [0.717, 1.165) is 16.6 Å². The van der Waals surface area contributed by atoms with Gasteiger partial charge < -0.3 is 4.52 Å². The summed E-state index contributed by atoms with van der Waals surface area (Å²) in [5, 5.41) is 4.56. The van der Waals surface area contributed by atoms with E-state index in [1.54, 1.807) is 17.9 Å². The Morgan fingerprint density at radius 3 is 2.62 bits per heavy atom. The van der Waals surface area contributed by atoms with E-state index in [9.17, 15) is 4.79 Å². The van der Waals surface area contributed by atoms with Gasteiger partial charge in [-0.2, -0.15) is 0 Å². The van der Waals surface area contributed by atoms with E-state index in [-0.39, 0.29) is 5.91 Å². The molecule has 0 atom stereocenters. The van der Waals surface area contributed by atoms with Gasteiger partial charge in [-0.15, -0.1) is 0 Å². The molecule has 0 aliphatic heterocycles. The minimum Gasteiger partial charge on any atom is -0.361 e. The first kappa shape index (κ1) is 16.5. The molecule has 26 heavy (non-hydrogen) atoms. The van der Waals surface area contributed by atoms with Crippen molar-refractivity contribution >= 4 is 32.6 Å². The fourth-order valence-corrected chi connectivity index (χ4v) is 3.74. The lowest BCUT2D eigenvalue weighted by Gasteiger charge is -2.18. The van der Waals surface area contributed by atoms with Gasteiger partial charge in [-0.3, -0.25) is 9.69 Å². The number of hydrogen-bond donors (Lipinski definition) is 0. The summed E-state index contributed by atoms with van der Waals surface area (Å²) in [4.78, 5) is 19.4. The molecule has 4 aromatic rings. The Hall–Kier alpha value is -2.99. The van der Waals surface area contributed by atoms with Gasteiger partial charge in [0.05, 0.1) is 10.2 Å². The number of aromatic nitrogens is 2. The fourth-order valence-electron chi connectivity index (χ4n) is 2.75. The first-order valence-corrected chi connectivity index (χ1v) is 9.17. The minimum absolute atomic E-state index is 0.197. The Kier molecular flexibility index (Phi) is 4.50. The van der Waals surface area contributed by atoms with E-state index in [1.807, 2.05) is 42.5 Å². The van der Waals surface area contributed by atoms with Gasteiger partial charge in [0, 0.05) is 12.6 Å². The number of anilines is 1. The standard InChI is InChI=1S/C20H17N3O2S/c1-14-13-17(22-25-14)19(24)23(12-11-15-7-3-2-4-8-15)20-21-16-9-5-6-10-18(16)26-20/h2-10,13H,11-12H2,1H3. The molecule has 2 aromatic carbocycles. The van der Waals surface area contributed by atoms with Crippen molar-refractivity contribution in [3.63, 3.8) is 0 Å². The molecule has 0 aliphatic rings. The summed E-state index contributed by atoms with van der Waals surface area (Å²) < 4.78 is 6.13. The van der Waals surface area contributed by atoms with Gasteiger partial charge in [-0.1, -0.05) is 59.0 Å². The molecule has 2 heterocycles. The number of aryl methyl sites for hydroxylation is 1. The van der Waals surface area contributed by atoms with Crippen LogP contribution in [-0.2, 0) is 6.42 Å². The monoisotopic (exact) mass is 363 g/mol. The molecular weight excluding hydrogens is 346 g/mol. The summed E-state index contributed by atoms with van der Waals surface area (Å²) in [5.74, 6) is 0.414. The average molecular weight is 363 g/mol. The van der Waals surface area contributed by atoms with Crippen LogP contribution < -0.4 is 4.90 Å². The average Bonchev–Trinajstić information content (AvgIpc) is 3.28. The number of benzene rings is 2. The second kappa shape index (κ2) is 7.09. The highest BCUT2D eigenvalue weighted by Crippen LogP contribution is 2.29. The van der Waals surface area contributed by atoms with Crippen molar-refractivity contribution in [2.75, 3.05) is 11.4 Å². The van der Waals surface area contributed by atoms with Crippen LogP contribution in [0.2, 0.25) is 0 Å². The molecule has 0 saturated carbocycles. The Balaban J connectivity index is 1.67. The number of fused-ring (bicyclic) bond motifs is 1. The number of para-hydroxylation sites is 1. The zero-order valence-electron chi connectivity index (χ0n) is 14.3. The largest absolute Gasteiger partial charge is 0.361 e. The zero-order valence-corrected chi connectivity index (χ0v) is 15.1. The predicted octanol–water partition coefficient (Wildman–Crippen LogP) is 4.48. The molecule has 6 heteroatoms. The van der Waals surface area contributed by atoms with Crippen molar-refractivity contribution in [2.24, 2.45) is 0 Å². The van der Waals surface area contributed by atoms with E-state index >= 15 is 0 Å². The maximum Gasteiger partial charge on any atom is 0.282 e. The van der Waals surface area contributed by atoms with Crippen molar-refractivity contribution < 1.29 is 9.32 Å². The number of carbonyl (C=O) groups is 1. The van der Waals surface area contributed by atoms with E-state index in [2.05, 4.69) is 22.3 Å². The highest BCUT2D eigenvalue weighted by molar-refractivity contribution is 7.22. The Bertz CT molecular complexity index is 1010. The Morgan fingerprint density at radius 1 is 1.12 bits per heavy atom. The summed E-state index contributed by atoms with van der Waals surface area (Å²) in [5.41, 5.74) is 2.36. The van der Waals surface area contributed by atoms with Gasteiger partial charge in [0.1, 0.15) is 5.76 Å². The van der Waals surface area contributed by atoms with Crippen molar-refractivity contribution in [1.29, 1.82) is 0 Å². The smallest absolute Gasteiger partial charge is 0.282 e. The van der Waals surface area contributed by atoms with Crippen LogP contribution in [0.25, 0.3) is 10.2 Å². The van der Waals surface area contributed by atoms with E-state index in [0.29, 0.717) is 23.1 Å². The topological polar surface area (TPSA) is 59.2 Å². The summed E-state index contributed by atoms with van der Waals surface area (Å²) in [6.07, 6.45) is 0.735. The highest BCUT2D eigenvalue weighted by atomic mass is 32.1. The summed E-state index contributed by atoms with van der Waals surface area (Å²) in [7, 11) is 0. The Morgan fingerprint density at radius 2 is 1.88 bits per heavy atom.